The van der Waals surface area contributed by atoms with Crippen LogP contribution in [0.25, 0.3) is 11.1 Å². The number of benzene rings is 2. The molecule has 1 nitrogen and oxygen atoms in total. The molecule has 2 fully saturated rings. The summed E-state index contributed by atoms with van der Waals surface area (Å²) in [6.07, 6.45) is 9.89. The van der Waals surface area contributed by atoms with Crippen LogP contribution in [0.4, 0.5) is 13.2 Å². The van der Waals surface area contributed by atoms with Gasteiger partial charge in [0.1, 0.15) is 0 Å². The molecule has 0 aromatic heterocycles. The van der Waals surface area contributed by atoms with E-state index in [1.165, 1.54) is 56.9 Å². The van der Waals surface area contributed by atoms with Gasteiger partial charge in [-0.3, -0.25) is 0 Å². The van der Waals surface area contributed by atoms with Gasteiger partial charge < -0.3 is 5.73 Å². The van der Waals surface area contributed by atoms with Gasteiger partial charge in [0.25, 0.3) is 0 Å². The maximum atomic E-state index is 13.5. The predicted octanol–water partition coefficient (Wildman–Crippen LogP) is 6.56. The molecular weight excluding hydrogens is 359 g/mol. The molecule has 2 aliphatic carbocycles. The average molecular weight is 387 g/mol. The summed E-state index contributed by atoms with van der Waals surface area (Å²) in [6.45, 7) is 0. The molecule has 4 rings (SSSR count). The topological polar surface area (TPSA) is 26.0 Å². The fraction of sp³-hybridized carbons (Fsp3) is 0.500. The number of halogens is 3. The largest absolute Gasteiger partial charge is 0.328 e. The van der Waals surface area contributed by atoms with Crippen molar-refractivity contribution in [3.8, 4) is 11.1 Å². The van der Waals surface area contributed by atoms with Crippen LogP contribution in [0.15, 0.2) is 36.4 Å². The van der Waals surface area contributed by atoms with E-state index >= 15 is 0 Å². The normalized spacial score (nSPS) is 28.3. The van der Waals surface area contributed by atoms with Crippen LogP contribution in [0.5, 0.6) is 0 Å². The molecule has 2 N–H and O–H groups in total. The Balaban J connectivity index is 1.39. The summed E-state index contributed by atoms with van der Waals surface area (Å²) < 4.78 is 40.1. The second-order valence-electron chi connectivity index (χ2n) is 8.66. The maximum absolute atomic E-state index is 13.5. The Labute approximate surface area is 165 Å². The minimum atomic E-state index is -1.42. The van der Waals surface area contributed by atoms with Gasteiger partial charge in [-0.25, -0.2) is 13.2 Å². The van der Waals surface area contributed by atoms with Crippen molar-refractivity contribution in [3.63, 3.8) is 0 Å². The molecule has 2 aromatic rings. The third-order valence-corrected chi connectivity index (χ3v) is 6.95. The average Bonchev–Trinajstić information content (AvgIpc) is 2.72. The highest BCUT2D eigenvalue weighted by Crippen LogP contribution is 2.43. The van der Waals surface area contributed by atoms with Gasteiger partial charge in [0.15, 0.2) is 17.5 Å². The maximum Gasteiger partial charge on any atom is 0.194 e. The SMILES string of the molecule is NC1CCC(C2CCC(c3ccc(-c4cc(F)c(F)c(F)c4)cc3)CC2)CC1. The third-order valence-electron chi connectivity index (χ3n) is 6.95. The predicted molar refractivity (Wildman–Crippen MR) is 106 cm³/mol. The van der Waals surface area contributed by atoms with E-state index in [1.54, 1.807) is 0 Å². The third kappa shape index (κ3) is 4.12. The van der Waals surface area contributed by atoms with Gasteiger partial charge in [0.2, 0.25) is 0 Å². The smallest absolute Gasteiger partial charge is 0.194 e. The molecule has 0 atom stereocenters. The van der Waals surface area contributed by atoms with Gasteiger partial charge in [-0.2, -0.15) is 0 Å². The lowest BCUT2D eigenvalue weighted by Gasteiger charge is -2.37. The Hall–Kier alpha value is -1.81. The summed E-state index contributed by atoms with van der Waals surface area (Å²) in [5, 5.41) is 0. The first-order chi connectivity index (χ1) is 13.5. The summed E-state index contributed by atoms with van der Waals surface area (Å²) in [5.74, 6) is -1.48. The number of hydrogen-bond donors (Lipinski definition) is 1. The van der Waals surface area contributed by atoms with Crippen LogP contribution in [0.3, 0.4) is 0 Å². The summed E-state index contributed by atoms with van der Waals surface area (Å²) in [4.78, 5) is 0. The second-order valence-corrected chi connectivity index (χ2v) is 8.66. The van der Waals surface area contributed by atoms with E-state index in [2.05, 4.69) is 12.1 Å². The van der Waals surface area contributed by atoms with Crippen molar-refractivity contribution in [2.75, 3.05) is 0 Å². The Bertz CT molecular complexity index is 778. The van der Waals surface area contributed by atoms with Crippen LogP contribution in [0, 0.1) is 29.3 Å². The van der Waals surface area contributed by atoms with Crippen molar-refractivity contribution in [2.24, 2.45) is 17.6 Å². The van der Waals surface area contributed by atoms with E-state index in [9.17, 15) is 13.2 Å². The van der Waals surface area contributed by atoms with Crippen molar-refractivity contribution in [1.29, 1.82) is 0 Å². The Morgan fingerprint density at radius 2 is 1.14 bits per heavy atom. The lowest BCUT2D eigenvalue weighted by molar-refractivity contribution is 0.177. The first-order valence-electron chi connectivity index (χ1n) is 10.5. The highest BCUT2D eigenvalue weighted by Gasteiger charge is 2.30. The van der Waals surface area contributed by atoms with Gasteiger partial charge in [-0.1, -0.05) is 24.3 Å². The van der Waals surface area contributed by atoms with Crippen LogP contribution >= 0.6 is 0 Å². The standard InChI is InChI=1S/C24H28F3N/c25-22-13-20(14-23(26)24(22)27)19-7-5-16(6-8-19)15-1-3-17(4-2-15)18-9-11-21(28)12-10-18/h5-8,13-15,17-18,21H,1-4,9-12,28H2. The molecule has 150 valence electrons. The minimum Gasteiger partial charge on any atom is -0.328 e. The van der Waals surface area contributed by atoms with Crippen LogP contribution in [-0.2, 0) is 0 Å². The minimum absolute atomic E-state index is 0.363. The van der Waals surface area contributed by atoms with Gasteiger partial charge >= 0.3 is 0 Å². The molecule has 0 spiro atoms. The molecular formula is C24H28F3N. The quantitative estimate of drug-likeness (QED) is 0.593. The molecule has 0 unspecified atom stereocenters. The van der Waals surface area contributed by atoms with Crippen LogP contribution in [-0.4, -0.2) is 6.04 Å². The van der Waals surface area contributed by atoms with Crippen molar-refractivity contribution in [2.45, 2.75) is 63.3 Å². The van der Waals surface area contributed by atoms with Gasteiger partial charge in [-0.05, 0) is 97.9 Å². The molecule has 4 heteroatoms. The zero-order chi connectivity index (χ0) is 19.7. The lowest BCUT2D eigenvalue weighted by Crippen LogP contribution is -2.31. The summed E-state index contributed by atoms with van der Waals surface area (Å²) in [7, 11) is 0. The lowest BCUT2D eigenvalue weighted by atomic mass is 9.69. The fourth-order valence-corrected chi connectivity index (χ4v) is 5.21. The highest BCUT2D eigenvalue weighted by atomic mass is 19.2. The Morgan fingerprint density at radius 3 is 1.68 bits per heavy atom. The summed E-state index contributed by atoms with van der Waals surface area (Å²) >= 11 is 0. The Kier molecular flexibility index (Phi) is 5.77. The van der Waals surface area contributed by atoms with Crippen LogP contribution in [0.1, 0.15) is 62.8 Å². The summed E-state index contributed by atoms with van der Waals surface area (Å²) in [6, 6.07) is 10.4. The van der Waals surface area contributed by atoms with Crippen molar-refractivity contribution < 1.29 is 13.2 Å². The van der Waals surface area contributed by atoms with E-state index < -0.39 is 17.5 Å². The zero-order valence-electron chi connectivity index (χ0n) is 16.1. The van der Waals surface area contributed by atoms with Gasteiger partial charge in [0, 0.05) is 6.04 Å². The number of rotatable bonds is 3. The molecule has 0 bridgehead atoms. The second kappa shape index (κ2) is 8.28. The van der Waals surface area contributed by atoms with Crippen molar-refractivity contribution >= 4 is 0 Å². The van der Waals surface area contributed by atoms with E-state index in [-0.39, 0.29) is 0 Å². The molecule has 0 aliphatic heterocycles. The van der Waals surface area contributed by atoms with Crippen molar-refractivity contribution in [1.82, 2.24) is 0 Å². The monoisotopic (exact) mass is 387 g/mol. The van der Waals surface area contributed by atoms with Crippen LogP contribution in [0.2, 0.25) is 0 Å². The Morgan fingerprint density at radius 1 is 0.643 bits per heavy atom. The molecule has 0 radical (unpaired) electrons. The summed E-state index contributed by atoms with van der Waals surface area (Å²) in [5.41, 5.74) is 8.40. The fourth-order valence-electron chi connectivity index (χ4n) is 5.21. The van der Waals surface area contributed by atoms with E-state index in [4.69, 9.17) is 5.73 Å². The first kappa shape index (κ1) is 19.5. The van der Waals surface area contributed by atoms with E-state index in [0.29, 0.717) is 23.1 Å². The molecule has 0 heterocycles. The van der Waals surface area contributed by atoms with E-state index in [1.807, 2.05) is 12.1 Å². The number of nitrogens with two attached hydrogens (primary N) is 1. The van der Waals surface area contributed by atoms with Gasteiger partial charge in [0.05, 0.1) is 0 Å². The molecule has 0 amide bonds. The molecule has 2 saturated carbocycles. The molecule has 2 aliphatic rings. The number of hydrogen-bond acceptors (Lipinski definition) is 1. The first-order valence-corrected chi connectivity index (χ1v) is 10.5. The van der Waals surface area contributed by atoms with Crippen molar-refractivity contribution in [3.05, 3.63) is 59.4 Å². The van der Waals surface area contributed by atoms with Gasteiger partial charge in [-0.15, -0.1) is 0 Å². The molecule has 0 saturated heterocycles. The highest BCUT2D eigenvalue weighted by molar-refractivity contribution is 5.64. The molecule has 28 heavy (non-hydrogen) atoms. The zero-order valence-corrected chi connectivity index (χ0v) is 16.1. The van der Waals surface area contributed by atoms with E-state index in [0.717, 1.165) is 24.0 Å². The molecule has 2 aromatic carbocycles. The van der Waals surface area contributed by atoms with Crippen LogP contribution < -0.4 is 5.73 Å².